The second-order valence-corrected chi connectivity index (χ2v) is 9.14. The minimum Gasteiger partial charge on any atom is -0.477 e. The second kappa shape index (κ2) is 8.02. The summed E-state index contributed by atoms with van der Waals surface area (Å²) in [7, 11) is 0. The van der Waals surface area contributed by atoms with Gasteiger partial charge in [-0.05, 0) is 29.9 Å². The number of β-lactam (4-membered cyclic amide) rings is 1. The number of hydrogen-bond acceptors (Lipinski definition) is 6. The third-order valence-electron chi connectivity index (χ3n) is 5.05. The Bertz CT molecular complexity index is 975. The smallest absolute Gasteiger partial charge is 0.353 e. The highest BCUT2D eigenvalue weighted by atomic mass is 32.2. The molecule has 1 saturated heterocycles. The van der Waals surface area contributed by atoms with Crippen LogP contribution in [0.5, 0.6) is 0 Å². The van der Waals surface area contributed by atoms with Gasteiger partial charge in [-0.25, -0.2) is 4.79 Å². The Morgan fingerprint density at radius 3 is 2.66 bits per heavy atom. The molecule has 4 N–H and O–H groups in total. The monoisotopic (exact) mass is 429 g/mol. The number of thioether (sulfide) groups is 1. The van der Waals surface area contributed by atoms with Gasteiger partial charge in [0.1, 0.15) is 17.8 Å². The molecule has 9 heteroatoms. The standard InChI is InChI=1S/C20H19N3O4S2/c21-15(11-5-2-1-3-6-11)18(24)22-16-12-8-9-13(29-14-7-4-10-28-14)17(20(26)27)23(12)19(16)25/h1-7,10,12,15-16H,8-9,21H2,(H,22,24)(H,26,27)/t12-,15-,16+/m1/s1. The highest BCUT2D eigenvalue weighted by Gasteiger charge is 2.53. The quantitative estimate of drug-likeness (QED) is 0.608. The predicted molar refractivity (Wildman–Crippen MR) is 110 cm³/mol. The fourth-order valence-corrected chi connectivity index (χ4v) is 5.63. The molecule has 0 radical (unpaired) electrons. The number of nitrogens with zero attached hydrogens (tertiary/aromatic N) is 1. The molecule has 1 aromatic heterocycles. The van der Waals surface area contributed by atoms with Gasteiger partial charge in [0.25, 0.3) is 5.91 Å². The molecule has 1 aromatic carbocycles. The van der Waals surface area contributed by atoms with E-state index in [1.165, 1.54) is 28.0 Å². The van der Waals surface area contributed by atoms with Gasteiger partial charge in [0.05, 0.1) is 10.3 Å². The number of rotatable bonds is 6. The van der Waals surface area contributed by atoms with Gasteiger partial charge in [-0.3, -0.25) is 14.5 Å². The first kappa shape index (κ1) is 19.7. The van der Waals surface area contributed by atoms with Gasteiger partial charge >= 0.3 is 5.97 Å². The first-order valence-electron chi connectivity index (χ1n) is 9.09. The van der Waals surface area contributed by atoms with E-state index in [4.69, 9.17) is 5.73 Å². The number of carboxylic acids is 1. The minimum absolute atomic E-state index is 0.0162. The summed E-state index contributed by atoms with van der Waals surface area (Å²) in [5.74, 6) is -1.99. The van der Waals surface area contributed by atoms with Crippen LogP contribution in [0.1, 0.15) is 24.4 Å². The average molecular weight is 430 g/mol. The second-order valence-electron chi connectivity index (χ2n) is 6.80. The maximum Gasteiger partial charge on any atom is 0.353 e. The average Bonchev–Trinajstić information content (AvgIpc) is 3.24. The van der Waals surface area contributed by atoms with Crippen LogP contribution in [0.4, 0.5) is 0 Å². The van der Waals surface area contributed by atoms with Crippen molar-refractivity contribution >= 4 is 40.9 Å². The molecule has 0 saturated carbocycles. The molecular formula is C20H19N3O4S2. The lowest BCUT2D eigenvalue weighted by molar-refractivity contribution is -0.156. The maximum atomic E-state index is 12.7. The molecule has 0 spiro atoms. The van der Waals surface area contributed by atoms with E-state index >= 15 is 0 Å². The van der Waals surface area contributed by atoms with Crippen molar-refractivity contribution in [3.63, 3.8) is 0 Å². The Kier molecular flexibility index (Phi) is 5.44. The van der Waals surface area contributed by atoms with Crippen molar-refractivity contribution in [3.05, 3.63) is 64.0 Å². The molecule has 7 nitrogen and oxygen atoms in total. The number of thiophene rings is 1. The molecule has 3 atom stereocenters. The zero-order valence-electron chi connectivity index (χ0n) is 15.3. The summed E-state index contributed by atoms with van der Waals surface area (Å²) in [5.41, 5.74) is 6.68. The summed E-state index contributed by atoms with van der Waals surface area (Å²) in [6, 6.07) is 10.7. The van der Waals surface area contributed by atoms with Crippen LogP contribution < -0.4 is 11.1 Å². The number of allylic oxidation sites excluding steroid dienone is 1. The van der Waals surface area contributed by atoms with Gasteiger partial charge in [-0.15, -0.1) is 11.3 Å². The summed E-state index contributed by atoms with van der Waals surface area (Å²) in [4.78, 5) is 39.1. The topological polar surface area (TPSA) is 113 Å². The molecule has 0 aliphatic carbocycles. The number of carboxylic acid groups (broad SMARTS) is 1. The Labute approximate surface area is 175 Å². The van der Waals surface area contributed by atoms with Crippen molar-refractivity contribution in [3.8, 4) is 0 Å². The predicted octanol–water partition coefficient (Wildman–Crippen LogP) is 2.33. The van der Waals surface area contributed by atoms with Crippen LogP contribution in [-0.2, 0) is 14.4 Å². The van der Waals surface area contributed by atoms with E-state index < -0.39 is 29.9 Å². The Morgan fingerprint density at radius 1 is 1.24 bits per heavy atom. The number of aliphatic carboxylic acids is 1. The van der Waals surface area contributed by atoms with Crippen molar-refractivity contribution in [2.24, 2.45) is 5.73 Å². The lowest BCUT2D eigenvalue weighted by Crippen LogP contribution is -2.72. The highest BCUT2D eigenvalue weighted by molar-refractivity contribution is 8.04. The van der Waals surface area contributed by atoms with Gasteiger partial charge < -0.3 is 16.2 Å². The molecule has 2 amide bonds. The number of nitrogens with one attached hydrogen (secondary N) is 1. The molecule has 29 heavy (non-hydrogen) atoms. The first-order chi connectivity index (χ1) is 14.0. The van der Waals surface area contributed by atoms with Gasteiger partial charge in [-0.2, -0.15) is 0 Å². The van der Waals surface area contributed by atoms with Gasteiger partial charge in [0, 0.05) is 4.91 Å². The van der Waals surface area contributed by atoms with Crippen LogP contribution in [0.2, 0.25) is 0 Å². The third-order valence-corrected chi connectivity index (χ3v) is 7.23. The number of carbonyl (C=O) groups excluding carboxylic acids is 2. The molecule has 0 bridgehead atoms. The lowest BCUT2D eigenvalue weighted by Gasteiger charge is -2.50. The lowest BCUT2D eigenvalue weighted by atomic mass is 9.86. The Hall–Kier alpha value is -2.62. The van der Waals surface area contributed by atoms with Gasteiger partial charge in [0.2, 0.25) is 5.91 Å². The molecule has 1 fully saturated rings. The Balaban J connectivity index is 1.49. The van der Waals surface area contributed by atoms with Crippen molar-refractivity contribution in [1.82, 2.24) is 10.2 Å². The van der Waals surface area contributed by atoms with Crippen LogP contribution in [0, 0.1) is 0 Å². The van der Waals surface area contributed by atoms with E-state index in [9.17, 15) is 19.5 Å². The van der Waals surface area contributed by atoms with E-state index in [2.05, 4.69) is 5.32 Å². The largest absolute Gasteiger partial charge is 0.477 e. The van der Waals surface area contributed by atoms with E-state index in [0.717, 1.165) is 4.21 Å². The van der Waals surface area contributed by atoms with E-state index in [1.54, 1.807) is 24.3 Å². The van der Waals surface area contributed by atoms with Crippen LogP contribution in [0.3, 0.4) is 0 Å². The SMILES string of the molecule is N[C@@H](C(=O)N[C@@H]1C(=O)N2C(C(=O)O)=C(Sc3cccs3)CC[C@H]12)c1ccccc1. The number of hydrogen-bond donors (Lipinski definition) is 3. The summed E-state index contributed by atoms with van der Waals surface area (Å²) >= 11 is 2.91. The first-order valence-corrected chi connectivity index (χ1v) is 10.8. The fourth-order valence-electron chi connectivity index (χ4n) is 3.63. The van der Waals surface area contributed by atoms with Crippen molar-refractivity contribution in [2.45, 2.75) is 35.2 Å². The highest BCUT2D eigenvalue weighted by Crippen LogP contribution is 2.44. The summed E-state index contributed by atoms with van der Waals surface area (Å²) in [5, 5.41) is 14.3. The molecular weight excluding hydrogens is 410 g/mol. The molecule has 3 heterocycles. The van der Waals surface area contributed by atoms with Crippen LogP contribution >= 0.6 is 23.1 Å². The third kappa shape index (κ3) is 3.68. The van der Waals surface area contributed by atoms with Crippen LogP contribution in [0.25, 0.3) is 0 Å². The molecule has 2 aliphatic rings. The molecule has 0 unspecified atom stereocenters. The van der Waals surface area contributed by atoms with Crippen LogP contribution in [-0.4, -0.2) is 39.9 Å². The van der Waals surface area contributed by atoms with Gasteiger partial charge in [0.15, 0.2) is 0 Å². The van der Waals surface area contributed by atoms with Crippen molar-refractivity contribution in [1.29, 1.82) is 0 Å². The maximum absolute atomic E-state index is 12.7. The normalized spacial score (nSPS) is 22.0. The van der Waals surface area contributed by atoms with E-state index in [0.29, 0.717) is 23.3 Å². The zero-order chi connectivity index (χ0) is 20.5. The summed E-state index contributed by atoms with van der Waals surface area (Å²) in [6.45, 7) is 0. The molecule has 2 aliphatic heterocycles. The van der Waals surface area contributed by atoms with Crippen molar-refractivity contribution < 1.29 is 19.5 Å². The summed E-state index contributed by atoms with van der Waals surface area (Å²) < 4.78 is 0.976. The number of nitrogens with two attached hydrogens (primary N) is 1. The number of carbonyl (C=O) groups is 3. The number of benzene rings is 1. The summed E-state index contributed by atoms with van der Waals surface area (Å²) in [6.07, 6.45) is 1.12. The minimum atomic E-state index is -1.13. The van der Waals surface area contributed by atoms with Crippen LogP contribution in [0.15, 0.2) is 62.7 Å². The van der Waals surface area contributed by atoms with Crippen molar-refractivity contribution in [2.75, 3.05) is 0 Å². The van der Waals surface area contributed by atoms with E-state index in [-0.39, 0.29) is 11.7 Å². The number of amides is 2. The molecule has 2 aromatic rings. The fraction of sp³-hybridized carbons (Fsp3) is 0.250. The zero-order valence-corrected chi connectivity index (χ0v) is 16.9. The molecule has 4 rings (SSSR count). The Morgan fingerprint density at radius 2 is 2.00 bits per heavy atom. The number of fused-ring (bicyclic) bond motifs is 1. The van der Waals surface area contributed by atoms with Gasteiger partial charge in [-0.1, -0.05) is 48.2 Å². The van der Waals surface area contributed by atoms with E-state index in [1.807, 2.05) is 23.6 Å². The molecule has 150 valence electrons.